The third kappa shape index (κ3) is 4.01. The number of hydrogen-bond acceptors (Lipinski definition) is 1. The van der Waals surface area contributed by atoms with E-state index < -0.39 is 0 Å². The molecule has 0 fully saturated rings. The van der Waals surface area contributed by atoms with Gasteiger partial charge in [-0.2, -0.15) is 0 Å². The quantitative estimate of drug-likeness (QED) is 0.748. The fourth-order valence-electron chi connectivity index (χ4n) is 2.04. The van der Waals surface area contributed by atoms with Crippen LogP contribution >= 0.6 is 0 Å². The lowest BCUT2D eigenvalue weighted by molar-refractivity contribution is 0.199. The highest BCUT2D eigenvalue weighted by atomic mass is 16.3. The molecule has 92 valence electrons. The number of aliphatic hydroxyl groups excluding tert-OH is 1. The molecule has 0 bridgehead atoms. The molecular weight excluding hydrogens is 198 g/mol. The maximum absolute atomic E-state index is 9.46. The maximum Gasteiger partial charge on any atom is 0.0776 e. The van der Waals surface area contributed by atoms with Crippen LogP contribution in [0.1, 0.15) is 58.1 Å². The molecule has 1 rings (SSSR count). The largest absolute Gasteiger partial charge is 0.389 e. The molecule has 0 aliphatic heterocycles. The van der Waals surface area contributed by atoms with Crippen LogP contribution < -0.4 is 0 Å². The highest BCUT2D eigenvalue weighted by Gasteiger charge is 2.08. The van der Waals surface area contributed by atoms with E-state index in [0.29, 0.717) is 0 Å². The number of nitrogens with zero attached hydrogens (tertiary/aromatic N) is 1. The molecule has 1 aromatic rings. The minimum Gasteiger partial charge on any atom is -0.389 e. The van der Waals surface area contributed by atoms with Gasteiger partial charge in [0.05, 0.1) is 6.10 Å². The Kier molecular flexibility index (Phi) is 5.61. The molecule has 2 nitrogen and oxygen atoms in total. The van der Waals surface area contributed by atoms with Crippen LogP contribution in [0.2, 0.25) is 0 Å². The van der Waals surface area contributed by atoms with E-state index in [1.165, 1.54) is 25.7 Å². The minimum absolute atomic E-state index is 0.350. The smallest absolute Gasteiger partial charge is 0.0776 e. The van der Waals surface area contributed by atoms with Gasteiger partial charge in [0.25, 0.3) is 0 Å². The molecule has 1 heterocycles. The first-order valence-corrected chi connectivity index (χ1v) is 6.51. The maximum atomic E-state index is 9.46. The van der Waals surface area contributed by atoms with Crippen LogP contribution in [-0.4, -0.2) is 9.67 Å². The molecule has 2 heteroatoms. The van der Waals surface area contributed by atoms with Gasteiger partial charge in [0, 0.05) is 18.9 Å². The van der Waals surface area contributed by atoms with Crippen molar-refractivity contribution in [2.24, 2.45) is 5.92 Å². The van der Waals surface area contributed by atoms with E-state index in [4.69, 9.17) is 0 Å². The van der Waals surface area contributed by atoms with Gasteiger partial charge in [0.15, 0.2) is 0 Å². The van der Waals surface area contributed by atoms with Crippen LogP contribution in [0.25, 0.3) is 0 Å². The molecule has 0 saturated heterocycles. The first-order valence-electron chi connectivity index (χ1n) is 6.51. The normalized spacial score (nSPS) is 15.0. The summed E-state index contributed by atoms with van der Waals surface area (Å²) in [4.78, 5) is 0. The lowest BCUT2D eigenvalue weighted by atomic mass is 9.99. The second kappa shape index (κ2) is 6.74. The Morgan fingerprint density at radius 3 is 2.62 bits per heavy atom. The summed E-state index contributed by atoms with van der Waals surface area (Å²) in [5.41, 5.74) is 1.02. The van der Waals surface area contributed by atoms with E-state index in [9.17, 15) is 5.11 Å². The summed E-state index contributed by atoms with van der Waals surface area (Å²) in [6.45, 7) is 7.41. The van der Waals surface area contributed by atoms with Crippen molar-refractivity contribution < 1.29 is 5.11 Å². The summed E-state index contributed by atoms with van der Waals surface area (Å²) in [5.74, 6) is 0.772. The molecule has 0 radical (unpaired) electrons. The second-order valence-corrected chi connectivity index (χ2v) is 4.73. The van der Waals surface area contributed by atoms with Crippen molar-refractivity contribution in [1.82, 2.24) is 4.57 Å². The minimum atomic E-state index is -0.350. The third-order valence-corrected chi connectivity index (χ3v) is 3.27. The van der Waals surface area contributed by atoms with E-state index in [-0.39, 0.29) is 6.10 Å². The van der Waals surface area contributed by atoms with Crippen molar-refractivity contribution in [2.45, 2.75) is 59.1 Å². The van der Waals surface area contributed by atoms with E-state index in [0.717, 1.165) is 18.0 Å². The fourth-order valence-corrected chi connectivity index (χ4v) is 2.04. The van der Waals surface area contributed by atoms with Crippen molar-refractivity contribution in [3.63, 3.8) is 0 Å². The topological polar surface area (TPSA) is 25.2 Å². The standard InChI is InChI=1S/C14H25NO/c1-4-6-7-13(5-2)10-15-9-8-14(11-15)12(3)16/h8-9,11-13,16H,4-7,10H2,1-3H3. The Labute approximate surface area is 99.3 Å². The zero-order chi connectivity index (χ0) is 12.0. The van der Waals surface area contributed by atoms with E-state index in [2.05, 4.69) is 30.8 Å². The SMILES string of the molecule is CCCCC(CC)Cn1ccc(C(C)O)c1. The molecule has 16 heavy (non-hydrogen) atoms. The summed E-state index contributed by atoms with van der Waals surface area (Å²) in [5, 5.41) is 9.46. The van der Waals surface area contributed by atoms with Crippen LogP contribution in [0.5, 0.6) is 0 Å². The molecule has 2 atom stereocenters. The number of aliphatic hydroxyl groups is 1. The average molecular weight is 223 g/mol. The zero-order valence-corrected chi connectivity index (χ0v) is 10.8. The monoisotopic (exact) mass is 223 g/mol. The average Bonchev–Trinajstić information content (AvgIpc) is 2.72. The number of rotatable bonds is 7. The molecular formula is C14H25NO. The third-order valence-electron chi connectivity index (χ3n) is 3.27. The van der Waals surface area contributed by atoms with Gasteiger partial charge in [-0.05, 0) is 30.9 Å². The summed E-state index contributed by atoms with van der Waals surface area (Å²) >= 11 is 0. The molecule has 0 saturated carbocycles. The molecule has 1 aromatic heterocycles. The molecule has 0 amide bonds. The van der Waals surface area contributed by atoms with Crippen molar-refractivity contribution in [1.29, 1.82) is 0 Å². The molecule has 0 aliphatic carbocycles. The summed E-state index contributed by atoms with van der Waals surface area (Å²) in [7, 11) is 0. The Bertz CT molecular complexity index is 291. The van der Waals surface area contributed by atoms with Gasteiger partial charge in [-0.15, -0.1) is 0 Å². The van der Waals surface area contributed by atoms with E-state index in [1.807, 2.05) is 13.0 Å². The van der Waals surface area contributed by atoms with E-state index in [1.54, 1.807) is 0 Å². The van der Waals surface area contributed by atoms with E-state index >= 15 is 0 Å². The first-order chi connectivity index (χ1) is 7.67. The summed E-state index contributed by atoms with van der Waals surface area (Å²) in [6.07, 6.45) is 8.95. The van der Waals surface area contributed by atoms with Crippen LogP contribution in [0.4, 0.5) is 0 Å². The Balaban J connectivity index is 2.49. The summed E-state index contributed by atoms with van der Waals surface area (Å²) in [6, 6.07) is 2.01. The van der Waals surface area contributed by atoms with Crippen molar-refractivity contribution >= 4 is 0 Å². The number of unbranched alkanes of at least 4 members (excludes halogenated alkanes) is 1. The molecule has 0 aliphatic rings. The van der Waals surface area contributed by atoms with Gasteiger partial charge < -0.3 is 9.67 Å². The van der Waals surface area contributed by atoms with Crippen LogP contribution in [0.3, 0.4) is 0 Å². The Hall–Kier alpha value is -0.760. The molecule has 2 unspecified atom stereocenters. The van der Waals surface area contributed by atoms with Crippen molar-refractivity contribution in [3.05, 3.63) is 24.0 Å². The van der Waals surface area contributed by atoms with Crippen LogP contribution in [0.15, 0.2) is 18.5 Å². The molecule has 0 aromatic carbocycles. The van der Waals surface area contributed by atoms with Gasteiger partial charge in [-0.1, -0.05) is 33.1 Å². The Morgan fingerprint density at radius 1 is 1.38 bits per heavy atom. The van der Waals surface area contributed by atoms with Crippen molar-refractivity contribution in [3.8, 4) is 0 Å². The first kappa shape index (κ1) is 13.3. The fraction of sp³-hybridized carbons (Fsp3) is 0.714. The number of aromatic nitrogens is 1. The van der Waals surface area contributed by atoms with Crippen LogP contribution in [0, 0.1) is 5.92 Å². The zero-order valence-electron chi connectivity index (χ0n) is 10.8. The second-order valence-electron chi connectivity index (χ2n) is 4.73. The highest BCUT2D eigenvalue weighted by Crippen LogP contribution is 2.17. The lowest BCUT2D eigenvalue weighted by Gasteiger charge is -2.15. The molecule has 1 N–H and O–H groups in total. The van der Waals surface area contributed by atoms with Gasteiger partial charge in [-0.25, -0.2) is 0 Å². The lowest BCUT2D eigenvalue weighted by Crippen LogP contribution is -2.08. The van der Waals surface area contributed by atoms with Crippen LogP contribution in [-0.2, 0) is 6.54 Å². The summed E-state index contributed by atoms with van der Waals surface area (Å²) < 4.78 is 2.21. The predicted octanol–water partition coefficient (Wildman–Crippen LogP) is 3.76. The van der Waals surface area contributed by atoms with Gasteiger partial charge >= 0.3 is 0 Å². The van der Waals surface area contributed by atoms with Gasteiger partial charge in [0.2, 0.25) is 0 Å². The Morgan fingerprint density at radius 2 is 2.12 bits per heavy atom. The van der Waals surface area contributed by atoms with Gasteiger partial charge in [-0.3, -0.25) is 0 Å². The predicted molar refractivity (Wildman–Crippen MR) is 68.4 cm³/mol. The molecule has 0 spiro atoms. The van der Waals surface area contributed by atoms with Gasteiger partial charge in [0.1, 0.15) is 0 Å². The van der Waals surface area contributed by atoms with Crippen molar-refractivity contribution in [2.75, 3.05) is 0 Å². The highest BCUT2D eigenvalue weighted by molar-refractivity contribution is 5.12. The number of hydrogen-bond donors (Lipinski definition) is 1.